The minimum absolute atomic E-state index is 0.0852. The third-order valence-corrected chi connectivity index (χ3v) is 7.17. The highest BCUT2D eigenvalue weighted by Crippen LogP contribution is 2.11. The zero-order valence-electron chi connectivity index (χ0n) is 25.2. The monoisotopic (exact) mass is 582 g/mol. The molecule has 0 heterocycles. The van der Waals surface area contributed by atoms with Gasteiger partial charge in [-0.1, -0.05) is 101 Å². The van der Waals surface area contributed by atoms with Gasteiger partial charge in [0.25, 0.3) is 0 Å². The molecule has 2 aromatic rings. The fourth-order valence-corrected chi connectivity index (χ4v) is 4.08. The lowest BCUT2D eigenvalue weighted by Gasteiger charge is -2.24. The average Bonchev–Trinajstić information content (AvgIpc) is 3.02. The van der Waals surface area contributed by atoms with Crippen molar-refractivity contribution in [3.05, 3.63) is 71.8 Å². The first kappa shape index (κ1) is 34.1. The van der Waals surface area contributed by atoms with Gasteiger partial charge in [0.1, 0.15) is 25.3 Å². The Morgan fingerprint density at radius 2 is 0.976 bits per heavy atom. The topological polar surface area (TPSA) is 135 Å². The van der Waals surface area contributed by atoms with Crippen LogP contribution < -0.4 is 21.3 Å². The van der Waals surface area contributed by atoms with Crippen LogP contribution in [0.1, 0.15) is 64.5 Å². The summed E-state index contributed by atoms with van der Waals surface area (Å²) >= 11 is 0. The summed E-state index contributed by atoms with van der Waals surface area (Å²) in [6, 6.07) is 17.2. The molecule has 10 nitrogen and oxygen atoms in total. The SMILES string of the molecule is CCC(C)C(NC(=O)OCc1ccccc1)C(=O)NCCCCNC(=O)C(NC(=O)OCc1ccccc1)C(C)CC. The van der Waals surface area contributed by atoms with Gasteiger partial charge in [-0.25, -0.2) is 9.59 Å². The molecule has 0 aliphatic carbocycles. The van der Waals surface area contributed by atoms with Gasteiger partial charge in [-0.2, -0.15) is 0 Å². The van der Waals surface area contributed by atoms with Crippen LogP contribution in [0.5, 0.6) is 0 Å². The Hall–Kier alpha value is -4.08. The van der Waals surface area contributed by atoms with Crippen molar-refractivity contribution in [2.45, 2.75) is 78.7 Å². The summed E-state index contributed by atoms with van der Waals surface area (Å²) in [5.41, 5.74) is 1.72. The third kappa shape index (κ3) is 12.6. The van der Waals surface area contributed by atoms with Gasteiger partial charge >= 0.3 is 12.2 Å². The van der Waals surface area contributed by atoms with E-state index in [1.165, 1.54) is 0 Å². The fraction of sp³-hybridized carbons (Fsp3) is 0.500. The normalized spacial score (nSPS) is 13.5. The van der Waals surface area contributed by atoms with E-state index in [0.717, 1.165) is 11.1 Å². The summed E-state index contributed by atoms with van der Waals surface area (Å²) in [6.45, 7) is 8.73. The Balaban J connectivity index is 1.72. The van der Waals surface area contributed by atoms with E-state index in [9.17, 15) is 19.2 Å². The first-order chi connectivity index (χ1) is 20.2. The molecule has 0 fully saturated rings. The van der Waals surface area contributed by atoms with Gasteiger partial charge in [0.2, 0.25) is 11.8 Å². The fourth-order valence-electron chi connectivity index (χ4n) is 4.08. The zero-order chi connectivity index (χ0) is 30.7. The van der Waals surface area contributed by atoms with Crippen LogP contribution in [0.4, 0.5) is 9.59 Å². The van der Waals surface area contributed by atoms with Gasteiger partial charge in [-0.3, -0.25) is 9.59 Å². The van der Waals surface area contributed by atoms with Gasteiger partial charge in [-0.15, -0.1) is 0 Å². The van der Waals surface area contributed by atoms with Crippen LogP contribution in [-0.4, -0.2) is 49.2 Å². The van der Waals surface area contributed by atoms with E-state index in [-0.39, 0.29) is 36.9 Å². The Bertz CT molecular complexity index is 1010. The number of ether oxygens (including phenoxy) is 2. The van der Waals surface area contributed by atoms with E-state index >= 15 is 0 Å². The zero-order valence-corrected chi connectivity index (χ0v) is 25.2. The number of carbonyl (C=O) groups is 4. The van der Waals surface area contributed by atoms with Gasteiger partial charge in [0, 0.05) is 13.1 Å². The van der Waals surface area contributed by atoms with Crippen LogP contribution in [0.15, 0.2) is 60.7 Å². The van der Waals surface area contributed by atoms with E-state index in [2.05, 4.69) is 21.3 Å². The quantitative estimate of drug-likeness (QED) is 0.200. The molecular weight excluding hydrogens is 536 g/mol. The number of benzene rings is 2. The molecule has 42 heavy (non-hydrogen) atoms. The van der Waals surface area contributed by atoms with Gasteiger partial charge < -0.3 is 30.7 Å². The Morgan fingerprint density at radius 1 is 0.619 bits per heavy atom. The molecule has 0 bridgehead atoms. The number of hydrogen-bond donors (Lipinski definition) is 4. The highest BCUT2D eigenvalue weighted by Gasteiger charge is 2.27. The molecule has 10 heteroatoms. The van der Waals surface area contributed by atoms with Crippen molar-refractivity contribution in [1.82, 2.24) is 21.3 Å². The van der Waals surface area contributed by atoms with E-state index in [1.54, 1.807) is 0 Å². The highest BCUT2D eigenvalue weighted by molar-refractivity contribution is 5.86. The molecule has 4 unspecified atom stereocenters. The Labute approximate surface area is 249 Å². The lowest BCUT2D eigenvalue weighted by Crippen LogP contribution is -2.51. The number of carbonyl (C=O) groups excluding carboxylic acids is 4. The summed E-state index contributed by atoms with van der Waals surface area (Å²) in [4.78, 5) is 50.3. The van der Waals surface area contributed by atoms with Crippen molar-refractivity contribution in [3.8, 4) is 0 Å². The summed E-state index contributed by atoms with van der Waals surface area (Å²) in [7, 11) is 0. The molecule has 0 aliphatic rings. The van der Waals surface area contributed by atoms with Crippen molar-refractivity contribution in [2.24, 2.45) is 11.8 Å². The van der Waals surface area contributed by atoms with Crippen LogP contribution in [0.2, 0.25) is 0 Å². The van der Waals surface area contributed by atoms with Crippen LogP contribution in [0.25, 0.3) is 0 Å². The summed E-state index contributed by atoms with van der Waals surface area (Å²) in [6.07, 6.45) is 1.37. The molecule has 2 rings (SSSR count). The smallest absolute Gasteiger partial charge is 0.408 e. The van der Waals surface area contributed by atoms with Crippen molar-refractivity contribution in [1.29, 1.82) is 0 Å². The highest BCUT2D eigenvalue weighted by atomic mass is 16.6. The molecule has 0 aromatic heterocycles. The maximum Gasteiger partial charge on any atom is 0.408 e. The van der Waals surface area contributed by atoms with Crippen LogP contribution in [0.3, 0.4) is 0 Å². The first-order valence-corrected chi connectivity index (χ1v) is 14.7. The molecule has 4 amide bonds. The predicted molar refractivity (Wildman–Crippen MR) is 161 cm³/mol. The molecule has 4 atom stereocenters. The Kier molecular flexibility index (Phi) is 15.5. The van der Waals surface area contributed by atoms with Crippen molar-refractivity contribution >= 4 is 24.0 Å². The number of alkyl carbamates (subject to hydrolysis) is 2. The number of amides is 4. The maximum atomic E-state index is 12.8. The lowest BCUT2D eigenvalue weighted by molar-refractivity contribution is -0.125. The van der Waals surface area contributed by atoms with E-state index in [0.29, 0.717) is 38.8 Å². The van der Waals surface area contributed by atoms with E-state index < -0.39 is 24.3 Å². The second-order valence-corrected chi connectivity index (χ2v) is 10.4. The molecule has 230 valence electrons. The van der Waals surface area contributed by atoms with Crippen molar-refractivity contribution < 1.29 is 28.7 Å². The minimum atomic E-state index is -0.720. The lowest BCUT2D eigenvalue weighted by atomic mass is 9.98. The standard InChI is InChI=1S/C32H46N4O6/c1-5-23(3)27(35-31(39)41-21-25-15-9-7-10-16-25)29(37)33-19-13-14-20-34-30(38)28(24(4)6-2)36-32(40)42-22-26-17-11-8-12-18-26/h7-12,15-18,23-24,27-28H,5-6,13-14,19-22H2,1-4H3,(H,33,37)(H,34,38)(H,35,39)(H,36,40). The second-order valence-electron chi connectivity index (χ2n) is 10.4. The third-order valence-electron chi connectivity index (χ3n) is 7.17. The molecule has 2 aromatic carbocycles. The molecule has 0 aliphatic heterocycles. The maximum absolute atomic E-state index is 12.8. The van der Waals surface area contributed by atoms with Gasteiger partial charge in [0.05, 0.1) is 0 Å². The molecule has 0 radical (unpaired) electrons. The predicted octanol–water partition coefficient (Wildman–Crippen LogP) is 4.68. The van der Waals surface area contributed by atoms with Crippen LogP contribution in [0, 0.1) is 11.8 Å². The second kappa shape index (κ2) is 19.1. The van der Waals surface area contributed by atoms with E-state index in [4.69, 9.17) is 9.47 Å². The number of nitrogens with one attached hydrogen (secondary N) is 4. The van der Waals surface area contributed by atoms with Gasteiger partial charge in [-0.05, 0) is 35.8 Å². The summed E-state index contributed by atoms with van der Waals surface area (Å²) in [5.74, 6) is -0.726. The molecule has 0 spiro atoms. The van der Waals surface area contributed by atoms with Crippen molar-refractivity contribution in [3.63, 3.8) is 0 Å². The molecule has 0 saturated carbocycles. The largest absolute Gasteiger partial charge is 0.445 e. The summed E-state index contributed by atoms with van der Waals surface area (Å²) < 4.78 is 10.6. The van der Waals surface area contributed by atoms with E-state index in [1.807, 2.05) is 88.4 Å². The molecule has 0 saturated heterocycles. The summed E-state index contributed by atoms with van der Waals surface area (Å²) in [5, 5.41) is 11.1. The average molecular weight is 583 g/mol. The Morgan fingerprint density at radius 3 is 1.31 bits per heavy atom. The minimum Gasteiger partial charge on any atom is -0.445 e. The molecular formula is C32H46N4O6. The number of unbranched alkanes of at least 4 members (excludes halogenated alkanes) is 1. The van der Waals surface area contributed by atoms with Gasteiger partial charge in [0.15, 0.2) is 0 Å². The number of hydrogen-bond acceptors (Lipinski definition) is 6. The molecule has 4 N–H and O–H groups in total. The van der Waals surface area contributed by atoms with Crippen LogP contribution in [-0.2, 0) is 32.3 Å². The number of rotatable bonds is 17. The van der Waals surface area contributed by atoms with Crippen molar-refractivity contribution in [2.75, 3.05) is 13.1 Å². The van der Waals surface area contributed by atoms with Crippen LogP contribution >= 0.6 is 0 Å². The first-order valence-electron chi connectivity index (χ1n) is 14.7.